The van der Waals surface area contributed by atoms with Crippen LogP contribution < -0.4 is 5.32 Å². The topological polar surface area (TPSA) is 12.0 Å². The van der Waals surface area contributed by atoms with E-state index in [4.69, 9.17) is 0 Å². The summed E-state index contributed by atoms with van der Waals surface area (Å²) >= 11 is 0. The highest BCUT2D eigenvalue weighted by atomic mass is 14.8. The van der Waals surface area contributed by atoms with Gasteiger partial charge in [0.25, 0.3) is 0 Å². The molecule has 0 bridgehead atoms. The van der Waals surface area contributed by atoms with E-state index in [1.54, 1.807) is 0 Å². The fraction of sp³-hybridized carbons (Fsp3) is 0.500. The lowest BCUT2D eigenvalue weighted by atomic mass is 10.1. The van der Waals surface area contributed by atoms with E-state index in [1.165, 1.54) is 12.8 Å². The highest BCUT2D eigenvalue weighted by Crippen LogP contribution is 2.06. The molecule has 0 saturated carbocycles. The maximum atomic E-state index is 3.91. The van der Waals surface area contributed by atoms with E-state index in [2.05, 4.69) is 57.0 Å². The Labute approximate surface area is 107 Å². The van der Waals surface area contributed by atoms with Crippen molar-refractivity contribution in [1.29, 1.82) is 0 Å². The highest BCUT2D eigenvalue weighted by Gasteiger charge is 1.93. The van der Waals surface area contributed by atoms with Crippen molar-refractivity contribution in [3.63, 3.8) is 0 Å². The van der Waals surface area contributed by atoms with Crippen LogP contribution in [-0.2, 0) is 0 Å². The minimum absolute atomic E-state index is 0.616. The quantitative estimate of drug-likeness (QED) is 0.585. The number of allylic oxidation sites excluding steroid dienone is 5. The first-order chi connectivity index (χ1) is 8.10. The Bertz CT molecular complexity index is 295. The largest absolute Gasteiger partial charge is 0.362 e. The zero-order valence-electron chi connectivity index (χ0n) is 11.8. The van der Waals surface area contributed by atoms with Gasteiger partial charge in [0.1, 0.15) is 0 Å². The van der Waals surface area contributed by atoms with E-state index in [-0.39, 0.29) is 0 Å². The summed E-state index contributed by atoms with van der Waals surface area (Å²) in [5.74, 6) is 0.616. The molecular weight excluding hydrogens is 206 g/mol. The van der Waals surface area contributed by atoms with Crippen molar-refractivity contribution in [3.8, 4) is 0 Å². The standard InChI is InChI=1S/C16H27N/c1-6-8-9-12-17-16(13-14(3)4)11-10-15(5)7-2/h9-13,15,17H,3,6-8H2,1-2,4-5H3/b11-10-,12-9+,16-13+. The summed E-state index contributed by atoms with van der Waals surface area (Å²) in [7, 11) is 0. The highest BCUT2D eigenvalue weighted by molar-refractivity contribution is 5.27. The van der Waals surface area contributed by atoms with Crippen molar-refractivity contribution in [1.82, 2.24) is 5.32 Å². The molecule has 1 nitrogen and oxygen atoms in total. The second kappa shape index (κ2) is 9.95. The summed E-state index contributed by atoms with van der Waals surface area (Å²) in [5.41, 5.74) is 2.16. The summed E-state index contributed by atoms with van der Waals surface area (Å²) in [6.07, 6.45) is 14.1. The van der Waals surface area contributed by atoms with E-state index < -0.39 is 0 Å². The van der Waals surface area contributed by atoms with Gasteiger partial charge >= 0.3 is 0 Å². The summed E-state index contributed by atoms with van der Waals surface area (Å²) in [6, 6.07) is 0. The molecule has 0 rings (SSSR count). The first-order valence-corrected chi connectivity index (χ1v) is 6.57. The van der Waals surface area contributed by atoms with Gasteiger partial charge in [0.2, 0.25) is 0 Å². The molecule has 1 atom stereocenters. The predicted molar refractivity (Wildman–Crippen MR) is 78.7 cm³/mol. The van der Waals surface area contributed by atoms with Gasteiger partial charge in [-0.05, 0) is 37.6 Å². The van der Waals surface area contributed by atoms with Crippen LogP contribution in [0.25, 0.3) is 0 Å². The fourth-order valence-corrected chi connectivity index (χ4v) is 1.21. The Hall–Kier alpha value is -1.24. The summed E-state index contributed by atoms with van der Waals surface area (Å²) in [4.78, 5) is 0. The Kier molecular flexibility index (Phi) is 9.22. The second-order valence-electron chi connectivity index (χ2n) is 4.53. The predicted octanol–water partition coefficient (Wildman–Crippen LogP) is 4.95. The number of unbranched alkanes of at least 4 members (excludes halogenated alkanes) is 1. The van der Waals surface area contributed by atoms with Gasteiger partial charge in [-0.2, -0.15) is 0 Å². The number of nitrogens with one attached hydrogen (secondary N) is 1. The summed E-state index contributed by atoms with van der Waals surface area (Å²) in [6.45, 7) is 12.5. The minimum Gasteiger partial charge on any atom is -0.362 e. The molecule has 0 saturated heterocycles. The fourth-order valence-electron chi connectivity index (χ4n) is 1.21. The van der Waals surface area contributed by atoms with Crippen LogP contribution in [0.1, 0.15) is 47.0 Å². The van der Waals surface area contributed by atoms with Crippen LogP contribution in [0, 0.1) is 5.92 Å². The average Bonchev–Trinajstić information content (AvgIpc) is 2.30. The normalized spacial score (nSPS) is 14.5. The van der Waals surface area contributed by atoms with Crippen molar-refractivity contribution in [2.24, 2.45) is 5.92 Å². The molecule has 1 heteroatoms. The lowest BCUT2D eigenvalue weighted by Gasteiger charge is -2.04. The van der Waals surface area contributed by atoms with Gasteiger partial charge in [0.15, 0.2) is 0 Å². The first kappa shape index (κ1) is 15.8. The Morgan fingerprint density at radius 1 is 1.35 bits per heavy atom. The molecule has 0 amide bonds. The van der Waals surface area contributed by atoms with Crippen LogP contribution >= 0.6 is 0 Å². The third kappa shape index (κ3) is 9.68. The Morgan fingerprint density at radius 2 is 2.06 bits per heavy atom. The van der Waals surface area contributed by atoms with E-state index >= 15 is 0 Å². The van der Waals surface area contributed by atoms with Crippen molar-refractivity contribution in [2.45, 2.75) is 47.0 Å². The lowest BCUT2D eigenvalue weighted by Crippen LogP contribution is -2.03. The van der Waals surface area contributed by atoms with Gasteiger partial charge in [0, 0.05) is 5.70 Å². The maximum absolute atomic E-state index is 3.91. The molecule has 1 N–H and O–H groups in total. The van der Waals surface area contributed by atoms with E-state index in [0.717, 1.165) is 17.7 Å². The SMILES string of the molecule is C=C(C)/C=C(\C=C/C(C)CC)N/C=C/CCC. The molecule has 0 aromatic rings. The van der Waals surface area contributed by atoms with Crippen molar-refractivity contribution < 1.29 is 0 Å². The zero-order valence-corrected chi connectivity index (χ0v) is 11.8. The summed E-state index contributed by atoms with van der Waals surface area (Å²) in [5, 5.41) is 3.30. The van der Waals surface area contributed by atoms with Gasteiger partial charge in [0.05, 0.1) is 0 Å². The van der Waals surface area contributed by atoms with E-state index in [0.29, 0.717) is 5.92 Å². The maximum Gasteiger partial charge on any atom is 0.0378 e. The molecule has 0 aliphatic rings. The molecule has 0 aliphatic carbocycles. The second-order valence-corrected chi connectivity index (χ2v) is 4.53. The molecule has 0 fully saturated rings. The molecule has 1 unspecified atom stereocenters. The van der Waals surface area contributed by atoms with Gasteiger partial charge < -0.3 is 5.32 Å². The van der Waals surface area contributed by atoms with Crippen molar-refractivity contribution >= 4 is 0 Å². The van der Waals surface area contributed by atoms with Crippen molar-refractivity contribution in [2.75, 3.05) is 0 Å². The molecule has 0 aromatic heterocycles. The Balaban J connectivity index is 4.45. The molecule has 17 heavy (non-hydrogen) atoms. The first-order valence-electron chi connectivity index (χ1n) is 6.57. The number of hydrogen-bond donors (Lipinski definition) is 1. The summed E-state index contributed by atoms with van der Waals surface area (Å²) < 4.78 is 0. The van der Waals surface area contributed by atoms with Gasteiger partial charge in [-0.25, -0.2) is 0 Å². The zero-order chi connectivity index (χ0) is 13.1. The average molecular weight is 233 g/mol. The molecule has 0 aliphatic heterocycles. The van der Waals surface area contributed by atoms with Crippen LogP contribution in [0.5, 0.6) is 0 Å². The smallest absolute Gasteiger partial charge is 0.0378 e. The molecule has 0 aromatic carbocycles. The third-order valence-corrected chi connectivity index (χ3v) is 2.47. The number of rotatable bonds is 8. The monoisotopic (exact) mass is 233 g/mol. The van der Waals surface area contributed by atoms with Crippen LogP contribution in [0.2, 0.25) is 0 Å². The Morgan fingerprint density at radius 3 is 2.59 bits per heavy atom. The van der Waals surface area contributed by atoms with E-state index in [9.17, 15) is 0 Å². The number of hydrogen-bond acceptors (Lipinski definition) is 1. The van der Waals surface area contributed by atoms with Crippen molar-refractivity contribution in [3.05, 3.63) is 48.4 Å². The van der Waals surface area contributed by atoms with Gasteiger partial charge in [-0.3, -0.25) is 0 Å². The van der Waals surface area contributed by atoms with Crippen LogP contribution in [0.4, 0.5) is 0 Å². The van der Waals surface area contributed by atoms with Crippen LogP contribution in [-0.4, -0.2) is 0 Å². The van der Waals surface area contributed by atoms with Gasteiger partial charge in [-0.15, -0.1) is 0 Å². The van der Waals surface area contributed by atoms with Crippen LogP contribution in [0.3, 0.4) is 0 Å². The molecule has 0 heterocycles. The van der Waals surface area contributed by atoms with Crippen LogP contribution in [0.15, 0.2) is 48.4 Å². The molecule has 0 radical (unpaired) electrons. The van der Waals surface area contributed by atoms with E-state index in [1.807, 2.05) is 13.1 Å². The molecular formula is C16H27N. The third-order valence-electron chi connectivity index (χ3n) is 2.47. The minimum atomic E-state index is 0.616. The molecule has 96 valence electrons. The lowest BCUT2D eigenvalue weighted by molar-refractivity contribution is 0.697. The van der Waals surface area contributed by atoms with Gasteiger partial charge in [-0.1, -0.05) is 57.9 Å². The molecule has 0 spiro atoms.